The van der Waals surface area contributed by atoms with E-state index in [1.807, 2.05) is 13.8 Å². The zero-order chi connectivity index (χ0) is 15.5. The van der Waals surface area contributed by atoms with Gasteiger partial charge in [-0.1, -0.05) is 24.3 Å². The lowest BCUT2D eigenvalue weighted by Gasteiger charge is -2.31. The monoisotopic (exact) mass is 306 g/mol. The Labute approximate surface area is 127 Å². The number of sulfonamides is 1. The summed E-state index contributed by atoms with van der Waals surface area (Å²) in [7, 11) is -3.55. The maximum atomic E-state index is 12.6. The van der Waals surface area contributed by atoms with Gasteiger partial charge in [0.1, 0.15) is 0 Å². The number of benzene rings is 1. The van der Waals surface area contributed by atoms with E-state index in [0.29, 0.717) is 11.5 Å². The molecule has 0 heterocycles. The summed E-state index contributed by atoms with van der Waals surface area (Å²) in [5.74, 6) is 6.03. The molecule has 0 bridgehead atoms. The fraction of sp³-hybridized carbons (Fsp3) is 0.500. The molecule has 114 valence electrons. The molecule has 0 aliphatic heterocycles. The number of hydrogen-bond donors (Lipinski definition) is 2. The normalized spacial score (nSPS) is 16.7. The van der Waals surface area contributed by atoms with Crippen LogP contribution in [-0.2, 0) is 10.0 Å². The van der Waals surface area contributed by atoms with Crippen molar-refractivity contribution >= 4 is 10.0 Å². The zero-order valence-corrected chi connectivity index (χ0v) is 13.3. The van der Waals surface area contributed by atoms with E-state index >= 15 is 0 Å². The number of aryl methyl sites for hydroxylation is 1. The zero-order valence-electron chi connectivity index (χ0n) is 12.5. The topological polar surface area (TPSA) is 72.2 Å². The van der Waals surface area contributed by atoms with Gasteiger partial charge in [0.25, 0.3) is 0 Å². The number of rotatable bonds is 4. The van der Waals surface area contributed by atoms with Gasteiger partial charge in [0.2, 0.25) is 10.0 Å². The molecular weight excluding hydrogens is 284 g/mol. The molecule has 0 aromatic heterocycles. The molecule has 1 fully saturated rings. The highest BCUT2D eigenvalue weighted by atomic mass is 32.2. The van der Waals surface area contributed by atoms with Gasteiger partial charge in [-0.25, -0.2) is 13.1 Å². The third-order valence-electron chi connectivity index (χ3n) is 3.95. The summed E-state index contributed by atoms with van der Waals surface area (Å²) >= 11 is 0. The molecule has 1 aromatic carbocycles. The average Bonchev–Trinajstić information content (AvgIpc) is 2.33. The summed E-state index contributed by atoms with van der Waals surface area (Å²) < 4.78 is 27.9. The van der Waals surface area contributed by atoms with Crippen molar-refractivity contribution in [1.29, 1.82) is 0 Å². The summed E-state index contributed by atoms with van der Waals surface area (Å²) in [6.45, 7) is 4.05. The van der Waals surface area contributed by atoms with Crippen LogP contribution >= 0.6 is 0 Å². The van der Waals surface area contributed by atoms with Crippen LogP contribution in [0.5, 0.6) is 0 Å². The van der Waals surface area contributed by atoms with Crippen molar-refractivity contribution in [2.24, 2.45) is 11.7 Å². The Morgan fingerprint density at radius 3 is 2.71 bits per heavy atom. The molecule has 2 rings (SSSR count). The maximum Gasteiger partial charge on any atom is 0.242 e. The molecule has 0 radical (unpaired) electrons. The van der Waals surface area contributed by atoms with Crippen molar-refractivity contribution in [3.05, 3.63) is 29.3 Å². The van der Waals surface area contributed by atoms with Gasteiger partial charge in [-0.05, 0) is 50.3 Å². The minimum absolute atomic E-state index is 0.0413. The molecule has 1 aromatic rings. The molecule has 1 aliphatic carbocycles. The second-order valence-corrected chi connectivity index (χ2v) is 7.29. The van der Waals surface area contributed by atoms with Crippen molar-refractivity contribution in [3.63, 3.8) is 0 Å². The number of nitrogens with two attached hydrogens (primary N) is 1. The van der Waals surface area contributed by atoms with Crippen molar-refractivity contribution in [2.75, 3.05) is 6.54 Å². The minimum Gasteiger partial charge on any atom is -0.320 e. The van der Waals surface area contributed by atoms with Crippen LogP contribution in [0.25, 0.3) is 0 Å². The van der Waals surface area contributed by atoms with Crippen LogP contribution in [-0.4, -0.2) is 21.0 Å². The second kappa shape index (κ2) is 6.61. The van der Waals surface area contributed by atoms with E-state index in [1.165, 1.54) is 6.42 Å². The van der Waals surface area contributed by atoms with E-state index in [9.17, 15) is 8.42 Å². The van der Waals surface area contributed by atoms with Gasteiger partial charge in [-0.15, -0.1) is 0 Å². The first kappa shape index (κ1) is 16.0. The summed E-state index contributed by atoms with van der Waals surface area (Å²) in [5, 5.41) is 0. The largest absolute Gasteiger partial charge is 0.320 e. The Balaban J connectivity index is 2.30. The van der Waals surface area contributed by atoms with E-state index in [0.717, 1.165) is 18.4 Å². The minimum atomic E-state index is -3.55. The van der Waals surface area contributed by atoms with E-state index in [2.05, 4.69) is 16.6 Å². The fourth-order valence-electron chi connectivity index (χ4n) is 2.47. The maximum absolute atomic E-state index is 12.6. The Morgan fingerprint density at radius 2 is 2.14 bits per heavy atom. The van der Waals surface area contributed by atoms with Crippen molar-refractivity contribution < 1.29 is 8.42 Å². The van der Waals surface area contributed by atoms with Gasteiger partial charge in [0, 0.05) is 11.6 Å². The molecule has 0 amide bonds. The average molecular weight is 306 g/mol. The Kier molecular flexibility index (Phi) is 5.04. The number of nitrogens with one attached hydrogen (secondary N) is 1. The van der Waals surface area contributed by atoms with Gasteiger partial charge in [0.05, 0.1) is 11.4 Å². The van der Waals surface area contributed by atoms with Crippen molar-refractivity contribution in [3.8, 4) is 11.8 Å². The van der Waals surface area contributed by atoms with Gasteiger partial charge in [-0.2, -0.15) is 0 Å². The van der Waals surface area contributed by atoms with E-state index in [4.69, 9.17) is 5.73 Å². The molecule has 1 saturated carbocycles. The first-order valence-electron chi connectivity index (χ1n) is 7.26. The lowest BCUT2D eigenvalue weighted by atomic mass is 9.81. The Bertz CT molecular complexity index is 667. The van der Waals surface area contributed by atoms with Crippen LogP contribution in [0.3, 0.4) is 0 Å². The molecule has 1 aliphatic rings. The molecular formula is C16H22N2O2S. The second-order valence-electron chi connectivity index (χ2n) is 5.61. The highest BCUT2D eigenvalue weighted by Crippen LogP contribution is 2.30. The molecule has 4 nitrogen and oxygen atoms in total. The first-order chi connectivity index (χ1) is 9.94. The highest BCUT2D eigenvalue weighted by Gasteiger charge is 2.28. The molecule has 3 N–H and O–H groups in total. The summed E-state index contributed by atoms with van der Waals surface area (Å²) in [4.78, 5) is 0.236. The van der Waals surface area contributed by atoms with Crippen molar-refractivity contribution in [2.45, 2.75) is 44.0 Å². The van der Waals surface area contributed by atoms with Crippen molar-refractivity contribution in [1.82, 2.24) is 4.72 Å². The standard InChI is InChI=1S/C16H22N2O2S/c1-12-8-9-16(15(11-12)7-4-10-17)21(19,20)18-13(2)14-5-3-6-14/h8-9,11,13-14,18H,3,5-6,10,17H2,1-2H3. The number of hydrogen-bond acceptors (Lipinski definition) is 3. The molecule has 1 atom stereocenters. The van der Waals surface area contributed by atoms with E-state index < -0.39 is 10.0 Å². The summed E-state index contributed by atoms with van der Waals surface area (Å²) in [5.41, 5.74) is 6.86. The lowest BCUT2D eigenvalue weighted by molar-refractivity contribution is 0.260. The predicted octanol–water partition coefficient (Wildman–Crippen LogP) is 1.77. The van der Waals surface area contributed by atoms with Gasteiger partial charge in [0.15, 0.2) is 0 Å². The fourth-order valence-corrected chi connectivity index (χ4v) is 3.92. The molecule has 1 unspecified atom stereocenters. The highest BCUT2D eigenvalue weighted by molar-refractivity contribution is 7.89. The van der Waals surface area contributed by atoms with Gasteiger partial charge >= 0.3 is 0 Å². The van der Waals surface area contributed by atoms with E-state index in [1.54, 1.807) is 18.2 Å². The summed E-state index contributed by atoms with van der Waals surface area (Å²) in [6, 6.07) is 5.15. The first-order valence-corrected chi connectivity index (χ1v) is 8.74. The van der Waals surface area contributed by atoms with Crippen LogP contribution in [0.15, 0.2) is 23.1 Å². The van der Waals surface area contributed by atoms with Crippen LogP contribution in [0.2, 0.25) is 0 Å². The van der Waals surface area contributed by atoms with E-state index in [-0.39, 0.29) is 17.5 Å². The molecule has 0 spiro atoms. The van der Waals surface area contributed by atoms with Crippen LogP contribution in [0.4, 0.5) is 0 Å². The molecule has 0 saturated heterocycles. The summed E-state index contributed by atoms with van der Waals surface area (Å²) in [6.07, 6.45) is 3.38. The van der Waals surface area contributed by atoms with Crippen LogP contribution < -0.4 is 10.5 Å². The third kappa shape index (κ3) is 3.85. The lowest BCUT2D eigenvalue weighted by Crippen LogP contribution is -2.40. The van der Waals surface area contributed by atoms with Crippen LogP contribution in [0, 0.1) is 24.7 Å². The molecule has 21 heavy (non-hydrogen) atoms. The molecule has 5 heteroatoms. The van der Waals surface area contributed by atoms with Gasteiger partial charge in [-0.3, -0.25) is 0 Å². The quantitative estimate of drug-likeness (QED) is 0.833. The van der Waals surface area contributed by atoms with Crippen LogP contribution in [0.1, 0.15) is 37.3 Å². The Hall–Kier alpha value is -1.35. The van der Waals surface area contributed by atoms with Gasteiger partial charge < -0.3 is 5.73 Å². The Morgan fingerprint density at radius 1 is 1.43 bits per heavy atom. The smallest absolute Gasteiger partial charge is 0.242 e. The predicted molar refractivity (Wildman–Crippen MR) is 84.2 cm³/mol. The third-order valence-corrected chi connectivity index (χ3v) is 5.56. The SMILES string of the molecule is Cc1ccc(S(=O)(=O)NC(C)C2CCC2)c(C#CCN)c1.